The molecule has 0 saturated heterocycles. The lowest BCUT2D eigenvalue weighted by molar-refractivity contribution is 0.503. The van der Waals surface area contributed by atoms with E-state index in [-0.39, 0.29) is 12.1 Å². The van der Waals surface area contributed by atoms with Gasteiger partial charge in [0.05, 0.1) is 12.1 Å². The molecule has 0 saturated carbocycles. The minimum absolute atomic E-state index is 0.135. The third-order valence-electron chi connectivity index (χ3n) is 5.34. The van der Waals surface area contributed by atoms with E-state index in [9.17, 15) is 13.6 Å². The van der Waals surface area contributed by atoms with Crippen LogP contribution in [-0.4, -0.2) is 24.5 Å². The van der Waals surface area contributed by atoms with Crippen molar-refractivity contribution < 1.29 is 8.78 Å². The van der Waals surface area contributed by atoms with Crippen LogP contribution in [0.3, 0.4) is 0 Å². The van der Waals surface area contributed by atoms with E-state index < -0.39 is 17.2 Å². The average Bonchev–Trinajstić information content (AvgIpc) is 3.06. The average molecular weight is 397 g/mol. The first-order chi connectivity index (χ1) is 14.0. The summed E-state index contributed by atoms with van der Waals surface area (Å²) in [6.07, 6.45) is 5.93. The fraction of sp³-hybridized carbons (Fsp3) is 0.333. The highest BCUT2D eigenvalue weighted by molar-refractivity contribution is 5.82. The number of fused-ring (bicyclic) bond motifs is 2. The van der Waals surface area contributed by atoms with Crippen molar-refractivity contribution in [2.75, 3.05) is 0 Å². The van der Waals surface area contributed by atoms with E-state index in [0.29, 0.717) is 28.2 Å². The van der Waals surface area contributed by atoms with Crippen LogP contribution >= 0.6 is 0 Å². The number of pyridine rings is 1. The number of nitrogens with zero attached hydrogens (tertiary/aromatic N) is 4. The largest absolute Gasteiger partial charge is 0.319 e. The quantitative estimate of drug-likeness (QED) is 0.534. The van der Waals surface area contributed by atoms with Gasteiger partial charge in [0.25, 0.3) is 0 Å². The maximum absolute atomic E-state index is 14.2. The van der Waals surface area contributed by atoms with Crippen LogP contribution in [0.2, 0.25) is 0 Å². The molecular formula is C21H21F2N5O. The molecule has 29 heavy (non-hydrogen) atoms. The Morgan fingerprint density at radius 1 is 1.21 bits per heavy atom. The maximum Gasteiger partial charge on any atom is 0.248 e. The van der Waals surface area contributed by atoms with Crippen LogP contribution in [0.1, 0.15) is 38.1 Å². The van der Waals surface area contributed by atoms with Gasteiger partial charge in [0, 0.05) is 30.3 Å². The number of aromatic nitrogens is 5. The van der Waals surface area contributed by atoms with Crippen LogP contribution in [0, 0.1) is 17.6 Å². The smallest absolute Gasteiger partial charge is 0.248 e. The molecule has 0 amide bonds. The highest BCUT2D eigenvalue weighted by Gasteiger charge is 2.17. The van der Waals surface area contributed by atoms with E-state index in [0.717, 1.165) is 31.2 Å². The van der Waals surface area contributed by atoms with Crippen LogP contribution in [0.25, 0.3) is 22.2 Å². The molecule has 0 aliphatic rings. The highest BCUT2D eigenvalue weighted by Crippen LogP contribution is 2.23. The normalized spacial score (nSPS) is 12.7. The summed E-state index contributed by atoms with van der Waals surface area (Å²) in [5.74, 6) is -0.712. The van der Waals surface area contributed by atoms with E-state index in [1.165, 1.54) is 12.1 Å². The number of aryl methyl sites for hydroxylation is 1. The van der Waals surface area contributed by atoms with E-state index in [1.54, 1.807) is 12.4 Å². The van der Waals surface area contributed by atoms with Crippen LogP contribution in [0.15, 0.2) is 35.4 Å². The molecule has 0 spiro atoms. The summed E-state index contributed by atoms with van der Waals surface area (Å²) >= 11 is 0. The Labute approximate surface area is 165 Å². The van der Waals surface area contributed by atoms with E-state index in [4.69, 9.17) is 0 Å². The molecule has 4 rings (SSSR count). The van der Waals surface area contributed by atoms with Gasteiger partial charge in [0.15, 0.2) is 22.9 Å². The van der Waals surface area contributed by atoms with Gasteiger partial charge in [0.1, 0.15) is 5.82 Å². The van der Waals surface area contributed by atoms with Crippen molar-refractivity contribution in [1.29, 1.82) is 0 Å². The van der Waals surface area contributed by atoms with Crippen molar-refractivity contribution >= 4 is 22.2 Å². The van der Waals surface area contributed by atoms with E-state index in [1.807, 2.05) is 4.57 Å². The first kappa shape index (κ1) is 19.2. The SMILES string of the molecule is CCC(C)CCc1nc2nccnc2n1Cc1cc(=O)[nH]c2c(F)c(F)ccc12. The van der Waals surface area contributed by atoms with Gasteiger partial charge in [-0.05, 0) is 30.0 Å². The maximum atomic E-state index is 14.2. The summed E-state index contributed by atoms with van der Waals surface area (Å²) in [5.41, 5.74) is 1.07. The van der Waals surface area contributed by atoms with E-state index in [2.05, 4.69) is 33.8 Å². The van der Waals surface area contributed by atoms with Crippen LogP contribution in [0.5, 0.6) is 0 Å². The monoisotopic (exact) mass is 397 g/mol. The summed E-state index contributed by atoms with van der Waals surface area (Å²) in [4.78, 5) is 27.8. The zero-order chi connectivity index (χ0) is 20.5. The third kappa shape index (κ3) is 3.62. The van der Waals surface area contributed by atoms with Gasteiger partial charge < -0.3 is 9.55 Å². The number of imidazole rings is 1. The summed E-state index contributed by atoms with van der Waals surface area (Å²) < 4.78 is 29.8. The summed E-state index contributed by atoms with van der Waals surface area (Å²) in [7, 11) is 0. The standard InChI is InChI=1S/C21H21F2N5O/c1-3-12(2)4-7-16-26-20-21(25-9-8-24-20)28(16)11-13-10-17(29)27-19-14(13)5-6-15(22)18(19)23/h5-6,8-10,12H,3-4,7,11H2,1-2H3,(H,27,29). The zero-order valence-corrected chi connectivity index (χ0v) is 16.2. The molecule has 3 aromatic heterocycles. The Hall–Kier alpha value is -3.16. The number of rotatable bonds is 6. The molecule has 1 unspecified atom stereocenters. The molecule has 0 fully saturated rings. The third-order valence-corrected chi connectivity index (χ3v) is 5.34. The lowest BCUT2D eigenvalue weighted by Crippen LogP contribution is -2.13. The first-order valence-electron chi connectivity index (χ1n) is 9.64. The molecular weight excluding hydrogens is 376 g/mol. The lowest BCUT2D eigenvalue weighted by Gasteiger charge is -2.13. The molecule has 1 N–H and O–H groups in total. The van der Waals surface area contributed by atoms with Crippen LogP contribution < -0.4 is 5.56 Å². The van der Waals surface area contributed by atoms with Gasteiger partial charge in [-0.25, -0.2) is 23.7 Å². The van der Waals surface area contributed by atoms with Gasteiger partial charge in [-0.3, -0.25) is 4.79 Å². The number of hydrogen-bond donors (Lipinski definition) is 1. The fourth-order valence-electron chi connectivity index (χ4n) is 3.47. The molecule has 1 aromatic carbocycles. The Kier molecular flexibility index (Phi) is 5.08. The number of hydrogen-bond acceptors (Lipinski definition) is 4. The minimum Gasteiger partial charge on any atom is -0.319 e. The lowest BCUT2D eigenvalue weighted by atomic mass is 10.0. The Morgan fingerprint density at radius 2 is 2.00 bits per heavy atom. The predicted octanol–water partition coefficient (Wildman–Crippen LogP) is 3.97. The molecule has 4 aromatic rings. The molecule has 0 bridgehead atoms. The van der Waals surface area contributed by atoms with Gasteiger partial charge >= 0.3 is 0 Å². The topological polar surface area (TPSA) is 76.5 Å². The number of halogens is 2. The van der Waals surface area contributed by atoms with Crippen molar-refractivity contribution in [1.82, 2.24) is 24.5 Å². The molecule has 6 nitrogen and oxygen atoms in total. The van der Waals surface area contributed by atoms with Crippen molar-refractivity contribution in [3.63, 3.8) is 0 Å². The summed E-state index contributed by atoms with van der Waals surface area (Å²) in [6.45, 7) is 4.59. The second-order valence-electron chi connectivity index (χ2n) is 7.31. The second-order valence-corrected chi connectivity index (χ2v) is 7.31. The van der Waals surface area contributed by atoms with Crippen LogP contribution in [-0.2, 0) is 13.0 Å². The Bertz CT molecular complexity index is 1250. The summed E-state index contributed by atoms with van der Waals surface area (Å²) in [5, 5.41) is 0.446. The van der Waals surface area contributed by atoms with E-state index >= 15 is 0 Å². The number of aromatic amines is 1. The number of nitrogens with one attached hydrogen (secondary N) is 1. The Balaban J connectivity index is 1.84. The first-order valence-corrected chi connectivity index (χ1v) is 9.64. The molecule has 3 heterocycles. The molecule has 0 radical (unpaired) electrons. The number of H-pyrrole nitrogens is 1. The minimum atomic E-state index is -1.06. The van der Waals surface area contributed by atoms with Crippen molar-refractivity contribution in [3.8, 4) is 0 Å². The molecule has 0 aliphatic heterocycles. The highest BCUT2D eigenvalue weighted by atomic mass is 19.2. The van der Waals surface area contributed by atoms with Gasteiger partial charge in [-0.2, -0.15) is 0 Å². The zero-order valence-electron chi connectivity index (χ0n) is 16.2. The van der Waals surface area contributed by atoms with Gasteiger partial charge in [-0.1, -0.05) is 20.3 Å². The van der Waals surface area contributed by atoms with Crippen molar-refractivity contribution in [2.45, 2.75) is 39.7 Å². The fourth-order valence-corrected chi connectivity index (χ4v) is 3.47. The summed E-state index contributed by atoms with van der Waals surface area (Å²) in [6, 6.07) is 3.94. The molecule has 150 valence electrons. The van der Waals surface area contributed by atoms with Gasteiger partial charge in [-0.15, -0.1) is 0 Å². The van der Waals surface area contributed by atoms with Crippen molar-refractivity contribution in [2.24, 2.45) is 5.92 Å². The molecule has 0 aliphatic carbocycles. The second kappa shape index (κ2) is 7.69. The van der Waals surface area contributed by atoms with Gasteiger partial charge in [0.2, 0.25) is 5.56 Å². The van der Waals surface area contributed by atoms with Crippen molar-refractivity contribution in [3.05, 3.63) is 64.0 Å². The Morgan fingerprint density at radius 3 is 2.79 bits per heavy atom. The van der Waals surface area contributed by atoms with Crippen LogP contribution in [0.4, 0.5) is 8.78 Å². The number of benzene rings is 1. The molecule has 1 atom stereocenters. The predicted molar refractivity (Wildman–Crippen MR) is 107 cm³/mol. The molecule has 8 heteroatoms.